The van der Waals surface area contributed by atoms with Gasteiger partial charge < -0.3 is 4.74 Å². The minimum Gasteiger partial charge on any atom is -0.381 e. The molecule has 1 aliphatic carbocycles. The summed E-state index contributed by atoms with van der Waals surface area (Å²) in [6.07, 6.45) is 7.00. The lowest BCUT2D eigenvalue weighted by atomic mass is 9.79. The third kappa shape index (κ3) is 4.30. The Bertz CT molecular complexity index is 394. The number of hydrazine groups is 1. The average molecular weight is 276 g/mol. The number of hydrogen-bond donors (Lipinski definition) is 2. The maximum atomic E-state index is 5.72. The summed E-state index contributed by atoms with van der Waals surface area (Å²) in [5.41, 5.74) is 6.04. The van der Waals surface area contributed by atoms with E-state index in [0.717, 1.165) is 32.5 Å². The van der Waals surface area contributed by atoms with Crippen LogP contribution in [0.25, 0.3) is 0 Å². The second kappa shape index (κ2) is 8.40. The Morgan fingerprint density at radius 3 is 3.00 bits per heavy atom. The molecule has 2 atom stereocenters. The summed E-state index contributed by atoms with van der Waals surface area (Å²) < 4.78 is 5.58. The molecule has 2 unspecified atom stereocenters. The van der Waals surface area contributed by atoms with Gasteiger partial charge in [-0.3, -0.25) is 11.3 Å². The second-order valence-corrected chi connectivity index (χ2v) is 5.79. The Morgan fingerprint density at radius 2 is 2.20 bits per heavy atom. The molecule has 0 amide bonds. The van der Waals surface area contributed by atoms with Gasteiger partial charge in [-0.05, 0) is 55.6 Å². The van der Waals surface area contributed by atoms with Crippen LogP contribution in [0.15, 0.2) is 24.3 Å². The zero-order valence-electron chi connectivity index (χ0n) is 12.6. The number of aryl methyl sites for hydroxylation is 1. The van der Waals surface area contributed by atoms with Crippen molar-refractivity contribution in [3.05, 3.63) is 35.4 Å². The van der Waals surface area contributed by atoms with Crippen molar-refractivity contribution in [1.29, 1.82) is 0 Å². The van der Waals surface area contributed by atoms with Gasteiger partial charge >= 0.3 is 0 Å². The average Bonchev–Trinajstić information content (AvgIpc) is 2.50. The van der Waals surface area contributed by atoms with Crippen molar-refractivity contribution in [3.8, 4) is 0 Å². The van der Waals surface area contributed by atoms with E-state index in [1.807, 2.05) is 0 Å². The van der Waals surface area contributed by atoms with Crippen LogP contribution < -0.4 is 11.3 Å². The predicted octanol–water partition coefficient (Wildman–Crippen LogP) is 3.15. The van der Waals surface area contributed by atoms with E-state index in [1.54, 1.807) is 0 Å². The predicted molar refractivity (Wildman–Crippen MR) is 83.6 cm³/mol. The van der Waals surface area contributed by atoms with Gasteiger partial charge in [-0.2, -0.15) is 0 Å². The van der Waals surface area contributed by atoms with Crippen LogP contribution in [0.4, 0.5) is 0 Å². The molecule has 0 radical (unpaired) electrons. The number of nitrogens with one attached hydrogen (secondary N) is 1. The Labute approximate surface area is 122 Å². The molecule has 0 bridgehead atoms. The molecule has 1 aromatic rings. The van der Waals surface area contributed by atoms with Crippen molar-refractivity contribution in [1.82, 2.24) is 5.43 Å². The number of ether oxygens (including phenoxy) is 1. The number of benzene rings is 1. The quantitative estimate of drug-likeness (QED) is 0.435. The molecule has 1 aliphatic rings. The standard InChI is InChI=1S/C17H28N2O/c1-2-11-20-12-10-16(19-18)13-15-8-5-7-14-6-3-4-9-17(14)15/h3-4,6,9,15-16,19H,2,5,7-8,10-13,18H2,1H3. The molecular formula is C17H28N2O. The fraction of sp³-hybridized carbons (Fsp3) is 0.647. The van der Waals surface area contributed by atoms with Gasteiger partial charge in [-0.25, -0.2) is 0 Å². The van der Waals surface area contributed by atoms with Gasteiger partial charge in [0.1, 0.15) is 0 Å². The first-order valence-electron chi connectivity index (χ1n) is 7.96. The monoisotopic (exact) mass is 276 g/mol. The SMILES string of the molecule is CCCOCCC(CC1CCCc2ccccc21)NN. The third-order valence-electron chi connectivity index (χ3n) is 4.26. The van der Waals surface area contributed by atoms with Crippen LogP contribution in [-0.4, -0.2) is 19.3 Å². The zero-order chi connectivity index (χ0) is 14.2. The lowest BCUT2D eigenvalue weighted by Crippen LogP contribution is -2.37. The molecule has 3 nitrogen and oxygen atoms in total. The van der Waals surface area contributed by atoms with Crippen molar-refractivity contribution < 1.29 is 4.74 Å². The first-order valence-corrected chi connectivity index (χ1v) is 7.96. The van der Waals surface area contributed by atoms with Crippen LogP contribution in [0.2, 0.25) is 0 Å². The minimum absolute atomic E-state index is 0.350. The molecular weight excluding hydrogens is 248 g/mol. The highest BCUT2D eigenvalue weighted by molar-refractivity contribution is 5.32. The smallest absolute Gasteiger partial charge is 0.0481 e. The third-order valence-corrected chi connectivity index (χ3v) is 4.26. The molecule has 0 saturated heterocycles. The summed E-state index contributed by atoms with van der Waals surface area (Å²) in [6.45, 7) is 3.79. The zero-order valence-corrected chi connectivity index (χ0v) is 12.6. The van der Waals surface area contributed by atoms with Crippen LogP contribution in [0.5, 0.6) is 0 Å². The summed E-state index contributed by atoms with van der Waals surface area (Å²) >= 11 is 0. The Balaban J connectivity index is 1.88. The maximum absolute atomic E-state index is 5.72. The van der Waals surface area contributed by atoms with Gasteiger partial charge in [0.25, 0.3) is 0 Å². The molecule has 3 N–H and O–H groups in total. The molecule has 0 fully saturated rings. The summed E-state index contributed by atoms with van der Waals surface area (Å²) in [5.74, 6) is 6.36. The van der Waals surface area contributed by atoms with Crippen LogP contribution in [0.1, 0.15) is 56.1 Å². The topological polar surface area (TPSA) is 47.3 Å². The Hall–Kier alpha value is -0.900. The largest absolute Gasteiger partial charge is 0.381 e. The van der Waals surface area contributed by atoms with Crippen molar-refractivity contribution in [2.45, 2.75) is 57.4 Å². The highest BCUT2D eigenvalue weighted by Crippen LogP contribution is 2.34. The summed E-state index contributed by atoms with van der Waals surface area (Å²) in [7, 11) is 0. The molecule has 1 aromatic carbocycles. The molecule has 0 aromatic heterocycles. The Morgan fingerprint density at radius 1 is 1.35 bits per heavy atom. The first-order chi connectivity index (χ1) is 9.85. The fourth-order valence-corrected chi connectivity index (χ4v) is 3.18. The number of hydrogen-bond acceptors (Lipinski definition) is 3. The van der Waals surface area contributed by atoms with E-state index in [-0.39, 0.29) is 0 Å². The van der Waals surface area contributed by atoms with E-state index in [9.17, 15) is 0 Å². The number of nitrogens with two attached hydrogens (primary N) is 1. The van der Waals surface area contributed by atoms with Crippen molar-refractivity contribution in [3.63, 3.8) is 0 Å². The van der Waals surface area contributed by atoms with E-state index in [4.69, 9.17) is 10.6 Å². The van der Waals surface area contributed by atoms with Gasteiger partial charge in [0, 0.05) is 19.3 Å². The highest BCUT2D eigenvalue weighted by atomic mass is 16.5. The number of rotatable bonds is 8. The van der Waals surface area contributed by atoms with Gasteiger partial charge in [0.05, 0.1) is 0 Å². The van der Waals surface area contributed by atoms with Gasteiger partial charge in [-0.1, -0.05) is 31.2 Å². The summed E-state index contributed by atoms with van der Waals surface area (Å²) in [6, 6.07) is 9.23. The summed E-state index contributed by atoms with van der Waals surface area (Å²) in [4.78, 5) is 0. The molecule has 0 heterocycles. The lowest BCUT2D eigenvalue weighted by Gasteiger charge is -2.28. The minimum atomic E-state index is 0.350. The molecule has 2 rings (SSSR count). The highest BCUT2D eigenvalue weighted by Gasteiger charge is 2.22. The van der Waals surface area contributed by atoms with Gasteiger partial charge in [0.15, 0.2) is 0 Å². The van der Waals surface area contributed by atoms with Crippen molar-refractivity contribution >= 4 is 0 Å². The molecule has 20 heavy (non-hydrogen) atoms. The van der Waals surface area contributed by atoms with Gasteiger partial charge in [-0.15, -0.1) is 0 Å². The van der Waals surface area contributed by atoms with Crippen LogP contribution >= 0.6 is 0 Å². The van der Waals surface area contributed by atoms with E-state index in [2.05, 4.69) is 36.6 Å². The van der Waals surface area contributed by atoms with Gasteiger partial charge in [0.2, 0.25) is 0 Å². The van der Waals surface area contributed by atoms with E-state index in [1.165, 1.54) is 30.4 Å². The van der Waals surface area contributed by atoms with Crippen LogP contribution in [0, 0.1) is 0 Å². The fourth-order valence-electron chi connectivity index (χ4n) is 3.18. The molecule has 0 aliphatic heterocycles. The number of fused-ring (bicyclic) bond motifs is 1. The summed E-state index contributed by atoms with van der Waals surface area (Å²) in [5, 5.41) is 0. The first kappa shape index (κ1) is 15.5. The molecule has 0 spiro atoms. The normalized spacial score (nSPS) is 19.6. The van der Waals surface area contributed by atoms with E-state index >= 15 is 0 Å². The van der Waals surface area contributed by atoms with Crippen molar-refractivity contribution in [2.75, 3.05) is 13.2 Å². The second-order valence-electron chi connectivity index (χ2n) is 5.79. The molecule has 112 valence electrons. The van der Waals surface area contributed by atoms with E-state index in [0.29, 0.717) is 12.0 Å². The van der Waals surface area contributed by atoms with Crippen LogP contribution in [-0.2, 0) is 11.2 Å². The molecule has 0 saturated carbocycles. The maximum Gasteiger partial charge on any atom is 0.0481 e. The lowest BCUT2D eigenvalue weighted by molar-refractivity contribution is 0.122. The molecule has 3 heteroatoms. The van der Waals surface area contributed by atoms with E-state index < -0.39 is 0 Å². The van der Waals surface area contributed by atoms with Crippen molar-refractivity contribution in [2.24, 2.45) is 5.84 Å². The Kier molecular flexibility index (Phi) is 6.51. The van der Waals surface area contributed by atoms with Crippen LogP contribution in [0.3, 0.4) is 0 Å².